The van der Waals surface area contributed by atoms with Crippen LogP contribution in [0.1, 0.15) is 43.5 Å². The number of anilines is 1. The van der Waals surface area contributed by atoms with Gasteiger partial charge in [-0.25, -0.2) is 0 Å². The molecule has 17 heavy (non-hydrogen) atoms. The van der Waals surface area contributed by atoms with Crippen molar-refractivity contribution in [1.82, 2.24) is 15.1 Å². The number of rotatable bonds is 2. The summed E-state index contributed by atoms with van der Waals surface area (Å²) in [6.45, 7) is 2.18. The SMILES string of the molecule is Nc1nnc(CN2CCCC3CCCCC32)s1. The third-order valence-corrected chi connectivity index (χ3v) is 4.92. The Morgan fingerprint density at radius 1 is 1.18 bits per heavy atom. The van der Waals surface area contributed by atoms with Gasteiger partial charge in [0.05, 0.1) is 6.54 Å². The second-order valence-corrected chi connectivity index (χ2v) is 6.35. The number of aromatic nitrogens is 2. The van der Waals surface area contributed by atoms with E-state index < -0.39 is 0 Å². The van der Waals surface area contributed by atoms with Crippen molar-refractivity contribution < 1.29 is 0 Å². The van der Waals surface area contributed by atoms with Crippen molar-refractivity contribution in [3.8, 4) is 0 Å². The van der Waals surface area contributed by atoms with Crippen LogP contribution in [0.4, 0.5) is 5.13 Å². The van der Waals surface area contributed by atoms with Crippen LogP contribution in [0, 0.1) is 5.92 Å². The van der Waals surface area contributed by atoms with Crippen LogP contribution in [0.5, 0.6) is 0 Å². The van der Waals surface area contributed by atoms with E-state index >= 15 is 0 Å². The van der Waals surface area contributed by atoms with E-state index in [9.17, 15) is 0 Å². The van der Waals surface area contributed by atoms with E-state index in [2.05, 4.69) is 15.1 Å². The topological polar surface area (TPSA) is 55.0 Å². The summed E-state index contributed by atoms with van der Waals surface area (Å²) in [5.74, 6) is 0.933. The number of likely N-dealkylation sites (tertiary alicyclic amines) is 1. The summed E-state index contributed by atoms with van der Waals surface area (Å²) in [5.41, 5.74) is 5.64. The fourth-order valence-corrected chi connectivity index (χ4v) is 4.06. The molecule has 5 heteroatoms. The van der Waals surface area contributed by atoms with Crippen molar-refractivity contribution in [2.45, 2.75) is 51.1 Å². The third kappa shape index (κ3) is 2.45. The van der Waals surface area contributed by atoms with Crippen molar-refractivity contribution in [2.24, 2.45) is 5.92 Å². The van der Waals surface area contributed by atoms with Crippen LogP contribution in [-0.4, -0.2) is 27.7 Å². The Morgan fingerprint density at radius 2 is 2.00 bits per heavy atom. The van der Waals surface area contributed by atoms with Crippen LogP contribution in [0.15, 0.2) is 0 Å². The molecule has 2 aliphatic rings. The first kappa shape index (κ1) is 11.4. The molecular formula is C12H20N4S. The number of fused-ring (bicyclic) bond motifs is 1. The van der Waals surface area contributed by atoms with Crippen LogP contribution in [0.3, 0.4) is 0 Å². The van der Waals surface area contributed by atoms with Crippen molar-refractivity contribution in [2.75, 3.05) is 12.3 Å². The summed E-state index contributed by atoms with van der Waals surface area (Å²) in [6.07, 6.45) is 8.41. The second-order valence-electron chi connectivity index (χ2n) is 5.26. The maximum Gasteiger partial charge on any atom is 0.203 e. The minimum atomic E-state index is 0.595. The van der Waals surface area contributed by atoms with E-state index in [4.69, 9.17) is 5.73 Å². The molecule has 1 saturated heterocycles. The van der Waals surface area contributed by atoms with Crippen molar-refractivity contribution >= 4 is 16.5 Å². The van der Waals surface area contributed by atoms with E-state index in [-0.39, 0.29) is 0 Å². The molecule has 2 atom stereocenters. The smallest absolute Gasteiger partial charge is 0.203 e. The van der Waals surface area contributed by atoms with Gasteiger partial charge in [-0.15, -0.1) is 10.2 Å². The fourth-order valence-electron chi connectivity index (χ4n) is 3.43. The Morgan fingerprint density at radius 3 is 2.82 bits per heavy atom. The number of nitrogen functional groups attached to an aromatic ring is 1. The molecule has 4 nitrogen and oxygen atoms in total. The van der Waals surface area contributed by atoms with Gasteiger partial charge in [-0.05, 0) is 38.1 Å². The Hall–Kier alpha value is -0.680. The molecule has 1 aliphatic heterocycles. The van der Waals surface area contributed by atoms with Crippen LogP contribution in [-0.2, 0) is 6.54 Å². The molecule has 3 rings (SSSR count). The van der Waals surface area contributed by atoms with Gasteiger partial charge in [-0.3, -0.25) is 4.90 Å². The van der Waals surface area contributed by atoms with Gasteiger partial charge >= 0.3 is 0 Å². The molecule has 0 radical (unpaired) electrons. The molecule has 1 saturated carbocycles. The second kappa shape index (κ2) is 4.90. The van der Waals surface area contributed by atoms with E-state index in [0.29, 0.717) is 5.13 Å². The highest BCUT2D eigenvalue weighted by Crippen LogP contribution is 2.36. The Kier molecular flexibility index (Phi) is 3.29. The third-order valence-electron chi connectivity index (χ3n) is 4.18. The van der Waals surface area contributed by atoms with Crippen LogP contribution >= 0.6 is 11.3 Å². The summed E-state index contributed by atoms with van der Waals surface area (Å²) < 4.78 is 0. The zero-order chi connectivity index (χ0) is 11.7. The normalized spacial score (nSPS) is 30.1. The van der Waals surface area contributed by atoms with E-state index in [0.717, 1.165) is 23.5 Å². The summed E-state index contributed by atoms with van der Waals surface area (Å²) in [5, 5.41) is 9.73. The van der Waals surface area contributed by atoms with Gasteiger partial charge in [0.25, 0.3) is 0 Å². The first-order chi connectivity index (χ1) is 8.33. The van der Waals surface area contributed by atoms with E-state index in [1.54, 1.807) is 0 Å². The van der Waals surface area contributed by atoms with Crippen molar-refractivity contribution in [3.05, 3.63) is 5.01 Å². The van der Waals surface area contributed by atoms with Gasteiger partial charge in [0.1, 0.15) is 5.01 Å². The lowest BCUT2D eigenvalue weighted by molar-refractivity contribution is 0.0545. The highest BCUT2D eigenvalue weighted by Gasteiger charge is 2.33. The van der Waals surface area contributed by atoms with Crippen LogP contribution < -0.4 is 5.73 Å². The largest absolute Gasteiger partial charge is 0.374 e. The lowest BCUT2D eigenvalue weighted by Gasteiger charge is -2.43. The lowest BCUT2D eigenvalue weighted by atomic mass is 9.78. The van der Waals surface area contributed by atoms with Crippen LogP contribution in [0.2, 0.25) is 0 Å². The average molecular weight is 252 g/mol. The molecule has 0 spiro atoms. The first-order valence-corrected chi connectivity index (χ1v) is 7.46. The zero-order valence-corrected chi connectivity index (χ0v) is 11.0. The maximum atomic E-state index is 5.64. The molecule has 0 bridgehead atoms. The molecule has 1 aromatic heterocycles. The van der Waals surface area contributed by atoms with Gasteiger partial charge in [0.2, 0.25) is 5.13 Å². The number of hydrogen-bond donors (Lipinski definition) is 1. The predicted molar refractivity (Wildman–Crippen MR) is 69.7 cm³/mol. The van der Waals surface area contributed by atoms with Gasteiger partial charge in [0.15, 0.2) is 0 Å². The minimum absolute atomic E-state index is 0.595. The van der Waals surface area contributed by atoms with Crippen molar-refractivity contribution in [3.63, 3.8) is 0 Å². The van der Waals surface area contributed by atoms with E-state index in [1.165, 1.54) is 56.4 Å². The predicted octanol–water partition coefficient (Wildman–Crippen LogP) is 2.27. The molecule has 2 N–H and O–H groups in total. The Labute approximate surface area is 106 Å². The quantitative estimate of drug-likeness (QED) is 0.877. The first-order valence-electron chi connectivity index (χ1n) is 6.65. The Bertz CT molecular complexity index is 376. The zero-order valence-electron chi connectivity index (χ0n) is 10.1. The average Bonchev–Trinajstić information content (AvgIpc) is 2.75. The van der Waals surface area contributed by atoms with Crippen molar-refractivity contribution in [1.29, 1.82) is 0 Å². The van der Waals surface area contributed by atoms with Gasteiger partial charge in [0, 0.05) is 6.04 Å². The standard InChI is InChI=1S/C12H20N4S/c13-12-15-14-11(17-12)8-16-7-3-5-9-4-1-2-6-10(9)16/h9-10H,1-8H2,(H2,13,15). The van der Waals surface area contributed by atoms with Gasteiger partial charge < -0.3 is 5.73 Å². The summed E-state index contributed by atoms with van der Waals surface area (Å²) in [4.78, 5) is 2.62. The summed E-state index contributed by atoms with van der Waals surface area (Å²) >= 11 is 1.53. The highest BCUT2D eigenvalue weighted by atomic mass is 32.1. The van der Waals surface area contributed by atoms with Crippen LogP contribution in [0.25, 0.3) is 0 Å². The maximum absolute atomic E-state index is 5.64. The minimum Gasteiger partial charge on any atom is -0.374 e. The summed E-state index contributed by atoms with van der Waals surface area (Å²) in [7, 11) is 0. The molecule has 2 heterocycles. The van der Waals surface area contributed by atoms with E-state index in [1.807, 2.05) is 0 Å². The molecule has 2 fully saturated rings. The fraction of sp³-hybridized carbons (Fsp3) is 0.833. The molecule has 2 unspecified atom stereocenters. The number of nitrogens with two attached hydrogens (primary N) is 1. The highest BCUT2D eigenvalue weighted by molar-refractivity contribution is 7.15. The monoisotopic (exact) mass is 252 g/mol. The molecule has 94 valence electrons. The molecule has 0 aromatic carbocycles. The van der Waals surface area contributed by atoms with Gasteiger partial charge in [-0.2, -0.15) is 0 Å². The number of nitrogens with zero attached hydrogens (tertiary/aromatic N) is 3. The summed E-state index contributed by atoms with van der Waals surface area (Å²) in [6, 6.07) is 0.794. The molecule has 1 aliphatic carbocycles. The molecule has 1 aromatic rings. The molecular weight excluding hydrogens is 232 g/mol. The number of hydrogen-bond acceptors (Lipinski definition) is 5. The molecule has 0 amide bonds. The lowest BCUT2D eigenvalue weighted by Crippen LogP contribution is -2.46. The Balaban J connectivity index is 1.68. The van der Waals surface area contributed by atoms with Gasteiger partial charge in [-0.1, -0.05) is 24.2 Å². The number of piperidine rings is 1.